The van der Waals surface area contributed by atoms with Crippen LogP contribution < -0.4 is 14.9 Å². The monoisotopic (exact) mass is 595 g/mol. The SMILES string of the molecule is CC1=C(C(=O)OC(C)C)[C@@H](c2ccc(Cl)cc2)n2c(s/c(=C/c3c(-c4ccccc4)[nH]c4c(C)cc(C)cc34)c2=O)=N1. The number of nitrogens with one attached hydrogen (secondary N) is 1. The first-order valence-electron chi connectivity index (χ1n) is 13.8. The number of hydrogen-bond donors (Lipinski definition) is 1. The molecule has 1 atom stereocenters. The highest BCUT2D eigenvalue weighted by atomic mass is 35.5. The number of hydrogen-bond acceptors (Lipinski definition) is 5. The molecule has 42 heavy (non-hydrogen) atoms. The van der Waals surface area contributed by atoms with Crippen molar-refractivity contribution in [2.75, 3.05) is 0 Å². The Hall–Kier alpha value is -4.20. The zero-order chi connectivity index (χ0) is 29.7. The minimum atomic E-state index is -0.701. The maximum Gasteiger partial charge on any atom is 0.338 e. The van der Waals surface area contributed by atoms with Crippen molar-refractivity contribution in [3.05, 3.63) is 125 Å². The van der Waals surface area contributed by atoms with E-state index in [1.807, 2.05) is 36.4 Å². The molecule has 0 saturated carbocycles. The van der Waals surface area contributed by atoms with E-state index in [1.165, 1.54) is 11.3 Å². The Morgan fingerprint density at radius 1 is 1.07 bits per heavy atom. The van der Waals surface area contributed by atoms with E-state index in [9.17, 15) is 9.59 Å². The number of H-pyrrole nitrogens is 1. The highest BCUT2D eigenvalue weighted by Crippen LogP contribution is 2.34. The van der Waals surface area contributed by atoms with E-state index in [0.29, 0.717) is 25.6 Å². The second-order valence-corrected chi connectivity index (χ2v) is 12.3. The maximum absolute atomic E-state index is 14.3. The van der Waals surface area contributed by atoms with Gasteiger partial charge in [-0.1, -0.05) is 77.0 Å². The summed E-state index contributed by atoms with van der Waals surface area (Å²) in [5.41, 5.74) is 7.61. The summed E-state index contributed by atoms with van der Waals surface area (Å²) in [5, 5.41) is 1.61. The minimum absolute atomic E-state index is 0.223. The van der Waals surface area contributed by atoms with Crippen molar-refractivity contribution in [3.8, 4) is 11.3 Å². The third-order valence-electron chi connectivity index (χ3n) is 7.40. The fraction of sp³-hybridized carbons (Fsp3) is 0.206. The predicted molar refractivity (Wildman–Crippen MR) is 170 cm³/mol. The first kappa shape index (κ1) is 27.9. The van der Waals surface area contributed by atoms with Crippen molar-refractivity contribution in [1.29, 1.82) is 0 Å². The van der Waals surface area contributed by atoms with Gasteiger partial charge in [0.15, 0.2) is 4.80 Å². The lowest BCUT2D eigenvalue weighted by Gasteiger charge is -2.25. The average molecular weight is 596 g/mol. The van der Waals surface area contributed by atoms with E-state index in [2.05, 4.69) is 43.1 Å². The number of carbonyl (C=O) groups excluding carboxylic acids is 1. The quantitative estimate of drug-likeness (QED) is 0.232. The number of aromatic amines is 1. The van der Waals surface area contributed by atoms with E-state index < -0.39 is 12.0 Å². The summed E-state index contributed by atoms with van der Waals surface area (Å²) in [7, 11) is 0. The first-order chi connectivity index (χ1) is 20.1. The van der Waals surface area contributed by atoms with Gasteiger partial charge in [-0.15, -0.1) is 0 Å². The number of thiazole rings is 1. The molecule has 1 aliphatic rings. The summed E-state index contributed by atoms with van der Waals surface area (Å²) in [6.45, 7) is 9.55. The van der Waals surface area contributed by atoms with E-state index in [0.717, 1.165) is 44.4 Å². The third-order valence-corrected chi connectivity index (χ3v) is 8.63. The minimum Gasteiger partial charge on any atom is -0.459 e. The van der Waals surface area contributed by atoms with Crippen LogP contribution in [0.4, 0.5) is 0 Å². The van der Waals surface area contributed by atoms with Gasteiger partial charge in [0.25, 0.3) is 5.56 Å². The van der Waals surface area contributed by atoms with Gasteiger partial charge in [-0.05, 0) is 75.6 Å². The van der Waals surface area contributed by atoms with E-state index in [4.69, 9.17) is 21.3 Å². The van der Waals surface area contributed by atoms with Crippen LogP contribution in [0.3, 0.4) is 0 Å². The third kappa shape index (κ3) is 4.93. The highest BCUT2D eigenvalue weighted by Gasteiger charge is 2.34. The molecule has 2 aromatic heterocycles. The van der Waals surface area contributed by atoms with Crippen LogP contribution in [0, 0.1) is 13.8 Å². The van der Waals surface area contributed by atoms with Crippen molar-refractivity contribution in [1.82, 2.24) is 9.55 Å². The van der Waals surface area contributed by atoms with Gasteiger partial charge < -0.3 is 9.72 Å². The van der Waals surface area contributed by atoms with Gasteiger partial charge >= 0.3 is 5.97 Å². The molecule has 0 radical (unpaired) electrons. The molecular formula is C34H30ClN3O3S. The molecule has 1 N–H and O–H groups in total. The molecule has 0 spiro atoms. The Bertz CT molecular complexity index is 2070. The smallest absolute Gasteiger partial charge is 0.338 e. The number of nitrogens with zero attached hydrogens (tertiary/aromatic N) is 2. The largest absolute Gasteiger partial charge is 0.459 e. The normalized spacial score (nSPS) is 15.3. The highest BCUT2D eigenvalue weighted by molar-refractivity contribution is 7.07. The summed E-state index contributed by atoms with van der Waals surface area (Å²) >= 11 is 7.52. The molecule has 0 saturated heterocycles. The molecular weight excluding hydrogens is 566 g/mol. The van der Waals surface area contributed by atoms with Gasteiger partial charge in [0.2, 0.25) is 0 Å². The lowest BCUT2D eigenvalue weighted by Crippen LogP contribution is -2.40. The Labute approximate surface area is 252 Å². The van der Waals surface area contributed by atoms with Crippen LogP contribution in [-0.2, 0) is 9.53 Å². The van der Waals surface area contributed by atoms with E-state index in [-0.39, 0.29) is 11.7 Å². The molecule has 6 rings (SSSR count). The second-order valence-electron chi connectivity index (χ2n) is 10.9. The number of esters is 1. The zero-order valence-corrected chi connectivity index (χ0v) is 25.6. The Kier molecular flexibility index (Phi) is 7.25. The van der Waals surface area contributed by atoms with Gasteiger partial charge in [-0.25, -0.2) is 9.79 Å². The molecule has 0 unspecified atom stereocenters. The lowest BCUT2D eigenvalue weighted by atomic mass is 9.96. The summed E-state index contributed by atoms with van der Waals surface area (Å²) in [5.74, 6) is -0.491. The molecule has 212 valence electrons. The number of ether oxygens (including phenoxy) is 1. The summed E-state index contributed by atoms with van der Waals surface area (Å²) < 4.78 is 7.74. The van der Waals surface area contributed by atoms with Gasteiger partial charge in [-0.3, -0.25) is 9.36 Å². The predicted octanol–water partition coefficient (Wildman–Crippen LogP) is 6.61. The van der Waals surface area contributed by atoms with Crippen molar-refractivity contribution in [2.45, 2.75) is 46.8 Å². The second kappa shape index (κ2) is 10.9. The molecule has 1 aliphatic heterocycles. The van der Waals surface area contributed by atoms with Crippen molar-refractivity contribution in [2.24, 2.45) is 4.99 Å². The Balaban J connectivity index is 1.62. The number of rotatable bonds is 5. The van der Waals surface area contributed by atoms with E-state index in [1.54, 1.807) is 37.5 Å². The molecule has 6 nitrogen and oxygen atoms in total. The van der Waals surface area contributed by atoms with Gasteiger partial charge in [0, 0.05) is 21.5 Å². The molecule has 3 aromatic carbocycles. The van der Waals surface area contributed by atoms with Crippen molar-refractivity contribution < 1.29 is 9.53 Å². The number of aryl methyl sites for hydroxylation is 2. The Morgan fingerprint density at radius 3 is 2.48 bits per heavy atom. The standard InChI is InChI=1S/C34H30ClN3O3S/c1-18(2)41-33(40)28-21(5)36-34-38(31(28)23-11-13-24(35)14-12-23)32(39)27(42-34)17-26-25-16-19(3)15-20(4)29(25)37-30(26)22-9-7-6-8-10-22/h6-18,31,37H,1-5H3/b27-17+/t31-/m1/s1. The summed E-state index contributed by atoms with van der Waals surface area (Å²) in [4.78, 5) is 36.5. The number of fused-ring (bicyclic) bond motifs is 2. The Morgan fingerprint density at radius 2 is 1.79 bits per heavy atom. The summed E-state index contributed by atoms with van der Waals surface area (Å²) in [6.07, 6.45) is 1.63. The van der Waals surface area contributed by atoms with Crippen molar-refractivity contribution in [3.63, 3.8) is 0 Å². The average Bonchev–Trinajstić information content (AvgIpc) is 3.46. The number of aromatic nitrogens is 2. The van der Waals surface area contributed by atoms with Crippen LogP contribution >= 0.6 is 22.9 Å². The van der Waals surface area contributed by atoms with Crippen LogP contribution in [0.5, 0.6) is 0 Å². The molecule has 0 amide bonds. The zero-order valence-electron chi connectivity index (χ0n) is 24.0. The van der Waals surface area contributed by atoms with Crippen LogP contribution in [0.2, 0.25) is 5.02 Å². The lowest BCUT2D eigenvalue weighted by molar-refractivity contribution is -0.143. The number of halogens is 1. The molecule has 3 heterocycles. The number of benzene rings is 3. The fourth-order valence-corrected chi connectivity index (χ4v) is 6.76. The fourth-order valence-electron chi connectivity index (χ4n) is 5.61. The molecule has 0 aliphatic carbocycles. The molecule has 8 heteroatoms. The van der Waals surface area contributed by atoms with Crippen LogP contribution in [0.15, 0.2) is 87.8 Å². The van der Waals surface area contributed by atoms with Crippen LogP contribution in [-0.4, -0.2) is 21.6 Å². The van der Waals surface area contributed by atoms with Gasteiger partial charge in [-0.2, -0.15) is 0 Å². The van der Waals surface area contributed by atoms with E-state index >= 15 is 0 Å². The maximum atomic E-state index is 14.3. The number of carbonyl (C=O) groups is 1. The van der Waals surface area contributed by atoms with Crippen LogP contribution in [0.25, 0.3) is 28.2 Å². The topological polar surface area (TPSA) is 76.5 Å². The van der Waals surface area contributed by atoms with Gasteiger partial charge in [0.1, 0.15) is 0 Å². The molecule has 0 fully saturated rings. The van der Waals surface area contributed by atoms with Crippen molar-refractivity contribution >= 4 is 45.9 Å². The first-order valence-corrected chi connectivity index (χ1v) is 15.0. The molecule has 5 aromatic rings. The van der Waals surface area contributed by atoms with Gasteiger partial charge in [0.05, 0.1) is 33.6 Å². The summed E-state index contributed by atoms with van der Waals surface area (Å²) in [6, 6.07) is 20.9. The van der Waals surface area contributed by atoms with Crippen LogP contribution in [0.1, 0.15) is 49.1 Å². The number of allylic oxidation sites excluding steroid dienone is 1. The molecule has 0 bridgehead atoms.